The van der Waals surface area contributed by atoms with Crippen molar-refractivity contribution in [3.05, 3.63) is 34.4 Å². The summed E-state index contributed by atoms with van der Waals surface area (Å²) in [5, 5.41) is 4.54. The predicted molar refractivity (Wildman–Crippen MR) is 68.1 cm³/mol. The van der Waals surface area contributed by atoms with Crippen LogP contribution in [0.15, 0.2) is 28.7 Å². The van der Waals surface area contributed by atoms with E-state index in [0.717, 1.165) is 4.47 Å². The first kappa shape index (κ1) is 10.7. The van der Waals surface area contributed by atoms with Gasteiger partial charge in [-0.25, -0.2) is 0 Å². The van der Waals surface area contributed by atoms with Crippen LogP contribution in [0.3, 0.4) is 0 Å². The Hall–Kier alpha value is -0.800. The number of benzene rings is 1. The highest BCUT2D eigenvalue weighted by molar-refractivity contribution is 9.10. The molecule has 2 nitrogen and oxygen atoms in total. The van der Waals surface area contributed by atoms with E-state index >= 15 is 0 Å². The van der Waals surface area contributed by atoms with Crippen LogP contribution in [0.1, 0.15) is 18.7 Å². The summed E-state index contributed by atoms with van der Waals surface area (Å²) in [7, 11) is 4.09. The molecule has 0 spiro atoms. The minimum absolute atomic E-state index is 0.370. The van der Waals surface area contributed by atoms with Crippen LogP contribution >= 0.6 is 15.9 Å². The number of aromatic nitrogens is 1. The maximum atomic E-state index is 3.58. The number of rotatable bonds is 2. The van der Waals surface area contributed by atoms with Crippen molar-refractivity contribution in [3.63, 3.8) is 0 Å². The smallest absolute Gasteiger partial charge is 0.0491 e. The quantitative estimate of drug-likeness (QED) is 0.884. The maximum Gasteiger partial charge on any atom is 0.0491 e. The average molecular weight is 267 g/mol. The van der Waals surface area contributed by atoms with Crippen molar-refractivity contribution in [2.75, 3.05) is 7.05 Å². The molecule has 15 heavy (non-hydrogen) atoms. The van der Waals surface area contributed by atoms with Crippen LogP contribution in [0.4, 0.5) is 0 Å². The topological polar surface area (TPSA) is 17.0 Å². The molecule has 2 rings (SSSR count). The average Bonchev–Trinajstić information content (AvgIpc) is 2.57. The Kier molecular flexibility index (Phi) is 2.85. The molecule has 0 bridgehead atoms. The Bertz CT molecular complexity index is 488. The Morgan fingerprint density at radius 1 is 1.40 bits per heavy atom. The molecule has 2 aromatic rings. The van der Waals surface area contributed by atoms with Crippen LogP contribution in [-0.2, 0) is 7.05 Å². The van der Waals surface area contributed by atoms with Gasteiger partial charge in [0.1, 0.15) is 0 Å². The summed E-state index contributed by atoms with van der Waals surface area (Å²) in [6.45, 7) is 2.17. The van der Waals surface area contributed by atoms with Gasteiger partial charge in [-0.3, -0.25) is 0 Å². The van der Waals surface area contributed by atoms with Crippen molar-refractivity contribution in [2.24, 2.45) is 7.05 Å². The van der Waals surface area contributed by atoms with Gasteiger partial charge in [-0.1, -0.05) is 22.0 Å². The van der Waals surface area contributed by atoms with Gasteiger partial charge in [0.15, 0.2) is 0 Å². The molecule has 1 atom stereocenters. The van der Waals surface area contributed by atoms with Gasteiger partial charge in [0, 0.05) is 34.2 Å². The Labute approximate surface area is 98.4 Å². The van der Waals surface area contributed by atoms with Crippen LogP contribution in [-0.4, -0.2) is 11.6 Å². The third-order valence-electron chi connectivity index (χ3n) is 2.95. The molecular weight excluding hydrogens is 252 g/mol. The summed E-state index contributed by atoms with van der Waals surface area (Å²) in [6, 6.07) is 8.90. The zero-order valence-corrected chi connectivity index (χ0v) is 10.8. The summed E-state index contributed by atoms with van der Waals surface area (Å²) in [4.78, 5) is 0. The molecule has 0 aliphatic carbocycles. The first-order chi connectivity index (χ1) is 7.15. The number of hydrogen-bond donors (Lipinski definition) is 1. The van der Waals surface area contributed by atoms with Crippen molar-refractivity contribution < 1.29 is 0 Å². The molecule has 0 fully saturated rings. The standard InChI is InChI=1S/C12H15BrN2/c1-8(14-2)12-7-9-10(13)5-4-6-11(9)15(12)3/h4-8,14H,1-3H3. The predicted octanol–water partition coefficient (Wildman–Crippen LogP) is 3.22. The largest absolute Gasteiger partial charge is 0.346 e. The fraction of sp³-hybridized carbons (Fsp3) is 0.333. The second kappa shape index (κ2) is 3.99. The Morgan fingerprint density at radius 2 is 2.13 bits per heavy atom. The Balaban J connectivity index is 2.69. The molecule has 0 saturated heterocycles. The maximum absolute atomic E-state index is 3.58. The van der Waals surface area contributed by atoms with E-state index in [1.165, 1.54) is 16.6 Å². The molecular formula is C12H15BrN2. The molecule has 3 heteroatoms. The lowest BCUT2D eigenvalue weighted by molar-refractivity contribution is 0.610. The molecule has 0 amide bonds. The number of fused-ring (bicyclic) bond motifs is 1. The van der Waals surface area contributed by atoms with E-state index in [4.69, 9.17) is 0 Å². The summed E-state index contributed by atoms with van der Waals surface area (Å²) in [5.41, 5.74) is 2.57. The highest BCUT2D eigenvalue weighted by Gasteiger charge is 2.11. The molecule has 1 aromatic carbocycles. The van der Waals surface area contributed by atoms with Crippen LogP contribution < -0.4 is 5.32 Å². The normalized spacial score (nSPS) is 13.3. The number of aryl methyl sites for hydroxylation is 1. The van der Waals surface area contributed by atoms with Crippen molar-refractivity contribution in [2.45, 2.75) is 13.0 Å². The van der Waals surface area contributed by atoms with Crippen LogP contribution in [0.5, 0.6) is 0 Å². The minimum Gasteiger partial charge on any atom is -0.346 e. The fourth-order valence-corrected chi connectivity index (χ4v) is 2.38. The lowest BCUT2D eigenvalue weighted by Gasteiger charge is -2.11. The molecule has 0 saturated carbocycles. The zero-order chi connectivity index (χ0) is 11.0. The monoisotopic (exact) mass is 266 g/mol. The van der Waals surface area contributed by atoms with E-state index in [0.29, 0.717) is 6.04 Å². The first-order valence-electron chi connectivity index (χ1n) is 5.06. The second-order valence-corrected chi connectivity index (χ2v) is 4.67. The molecule has 1 N–H and O–H groups in total. The van der Waals surface area contributed by atoms with Crippen LogP contribution in [0, 0.1) is 0 Å². The molecule has 1 heterocycles. The molecule has 1 unspecified atom stereocenters. The van der Waals surface area contributed by atoms with Crippen LogP contribution in [0.2, 0.25) is 0 Å². The molecule has 0 radical (unpaired) electrons. The highest BCUT2D eigenvalue weighted by atomic mass is 79.9. The lowest BCUT2D eigenvalue weighted by Crippen LogP contribution is -2.15. The van der Waals surface area contributed by atoms with Crippen molar-refractivity contribution in [1.82, 2.24) is 9.88 Å². The van der Waals surface area contributed by atoms with E-state index in [-0.39, 0.29) is 0 Å². The van der Waals surface area contributed by atoms with Gasteiger partial charge in [-0.15, -0.1) is 0 Å². The van der Waals surface area contributed by atoms with Gasteiger partial charge in [-0.2, -0.15) is 0 Å². The van der Waals surface area contributed by atoms with Crippen molar-refractivity contribution in [1.29, 1.82) is 0 Å². The van der Waals surface area contributed by atoms with Gasteiger partial charge >= 0.3 is 0 Å². The van der Waals surface area contributed by atoms with E-state index in [9.17, 15) is 0 Å². The van der Waals surface area contributed by atoms with Crippen molar-refractivity contribution >= 4 is 26.8 Å². The summed E-state index contributed by atoms with van der Waals surface area (Å²) in [6.07, 6.45) is 0. The van der Waals surface area contributed by atoms with Gasteiger partial charge in [0.05, 0.1) is 0 Å². The number of nitrogens with one attached hydrogen (secondary N) is 1. The summed E-state index contributed by atoms with van der Waals surface area (Å²) >= 11 is 3.58. The molecule has 80 valence electrons. The number of nitrogens with zero attached hydrogens (tertiary/aromatic N) is 1. The van der Waals surface area contributed by atoms with E-state index in [2.05, 4.69) is 64.1 Å². The van der Waals surface area contributed by atoms with Crippen molar-refractivity contribution in [3.8, 4) is 0 Å². The Morgan fingerprint density at radius 3 is 2.73 bits per heavy atom. The van der Waals surface area contributed by atoms with Gasteiger partial charge in [0.25, 0.3) is 0 Å². The van der Waals surface area contributed by atoms with E-state index in [1.54, 1.807) is 0 Å². The lowest BCUT2D eigenvalue weighted by atomic mass is 10.2. The molecule has 0 aliphatic rings. The SMILES string of the molecule is CNC(C)c1cc2c(Br)cccc2n1C. The first-order valence-corrected chi connectivity index (χ1v) is 5.85. The minimum atomic E-state index is 0.370. The third-order valence-corrected chi connectivity index (χ3v) is 3.64. The fourth-order valence-electron chi connectivity index (χ4n) is 1.91. The van der Waals surface area contributed by atoms with E-state index in [1.807, 2.05) is 7.05 Å². The number of halogens is 1. The highest BCUT2D eigenvalue weighted by Crippen LogP contribution is 2.28. The summed E-state index contributed by atoms with van der Waals surface area (Å²) < 4.78 is 3.39. The number of hydrogen-bond acceptors (Lipinski definition) is 1. The van der Waals surface area contributed by atoms with Gasteiger partial charge in [0.2, 0.25) is 0 Å². The van der Waals surface area contributed by atoms with Crippen LogP contribution in [0.25, 0.3) is 10.9 Å². The summed E-state index contributed by atoms with van der Waals surface area (Å²) in [5.74, 6) is 0. The third kappa shape index (κ3) is 1.70. The second-order valence-electron chi connectivity index (χ2n) is 3.81. The molecule has 0 aliphatic heterocycles. The zero-order valence-electron chi connectivity index (χ0n) is 9.21. The molecule has 1 aromatic heterocycles. The van der Waals surface area contributed by atoms with Gasteiger partial charge in [-0.05, 0) is 32.2 Å². The van der Waals surface area contributed by atoms with E-state index < -0.39 is 0 Å². The van der Waals surface area contributed by atoms with Gasteiger partial charge < -0.3 is 9.88 Å².